The van der Waals surface area contributed by atoms with Crippen molar-refractivity contribution in [3.63, 3.8) is 0 Å². The monoisotopic (exact) mass is 286 g/mol. The minimum Gasteiger partial charge on any atom is -0.383 e. The second kappa shape index (κ2) is 5.00. The normalized spacial score (nSPS) is 12.8. The number of benzene rings is 2. The minimum absolute atomic E-state index is 0.244. The largest absolute Gasteiger partial charge is 0.383 e. The Labute approximate surface area is 121 Å². The van der Waals surface area contributed by atoms with Crippen LogP contribution in [0.4, 0.5) is 4.39 Å². The van der Waals surface area contributed by atoms with Crippen LogP contribution in [0.1, 0.15) is 27.7 Å². The van der Waals surface area contributed by atoms with Gasteiger partial charge in [-0.3, -0.25) is 0 Å². The van der Waals surface area contributed by atoms with Crippen molar-refractivity contribution in [2.45, 2.75) is 20.0 Å². The van der Waals surface area contributed by atoms with E-state index in [-0.39, 0.29) is 5.82 Å². The number of hydrogen-bond donors (Lipinski definition) is 1. The van der Waals surface area contributed by atoms with Crippen LogP contribution >= 0.6 is 11.3 Å². The van der Waals surface area contributed by atoms with E-state index < -0.39 is 6.10 Å². The molecule has 1 unspecified atom stereocenters. The minimum atomic E-state index is -0.658. The molecule has 1 heterocycles. The molecule has 3 aromatic rings. The van der Waals surface area contributed by atoms with E-state index in [0.29, 0.717) is 0 Å². The number of halogens is 1. The van der Waals surface area contributed by atoms with E-state index in [1.165, 1.54) is 23.5 Å². The molecule has 3 rings (SSSR count). The fourth-order valence-corrected chi connectivity index (χ4v) is 3.60. The van der Waals surface area contributed by atoms with Crippen molar-refractivity contribution in [1.29, 1.82) is 0 Å². The Hall–Kier alpha value is -1.71. The average molecular weight is 286 g/mol. The van der Waals surface area contributed by atoms with Crippen molar-refractivity contribution < 1.29 is 9.50 Å². The Morgan fingerprint density at radius 3 is 2.40 bits per heavy atom. The maximum atomic E-state index is 13.2. The summed E-state index contributed by atoms with van der Waals surface area (Å²) in [6.45, 7) is 4.03. The maximum Gasteiger partial charge on any atom is 0.124 e. The van der Waals surface area contributed by atoms with Gasteiger partial charge in [-0.25, -0.2) is 4.39 Å². The molecule has 0 radical (unpaired) electrons. The number of fused-ring (bicyclic) bond motifs is 1. The molecule has 0 bridgehead atoms. The van der Waals surface area contributed by atoms with Crippen molar-refractivity contribution in [1.82, 2.24) is 0 Å². The third-order valence-electron chi connectivity index (χ3n) is 3.33. The highest BCUT2D eigenvalue weighted by molar-refractivity contribution is 7.19. The molecule has 3 heteroatoms. The van der Waals surface area contributed by atoms with Gasteiger partial charge in [-0.05, 0) is 43.0 Å². The van der Waals surface area contributed by atoms with E-state index in [1.54, 1.807) is 6.07 Å². The van der Waals surface area contributed by atoms with Gasteiger partial charge in [0.15, 0.2) is 0 Å². The summed E-state index contributed by atoms with van der Waals surface area (Å²) in [5.74, 6) is -0.244. The molecular weight excluding hydrogens is 271 g/mol. The molecule has 0 amide bonds. The molecule has 0 saturated carbocycles. The summed E-state index contributed by atoms with van der Waals surface area (Å²) in [5, 5.41) is 11.5. The van der Waals surface area contributed by atoms with Crippen molar-refractivity contribution in [2.24, 2.45) is 0 Å². The van der Waals surface area contributed by atoms with Crippen LogP contribution in [0.15, 0.2) is 42.5 Å². The molecular formula is C17H15FOS. The lowest BCUT2D eigenvalue weighted by Gasteiger charge is -2.10. The van der Waals surface area contributed by atoms with Gasteiger partial charge in [0.1, 0.15) is 11.9 Å². The Kier molecular flexibility index (Phi) is 3.32. The molecule has 102 valence electrons. The number of hydrogen-bond acceptors (Lipinski definition) is 2. The Bertz CT molecular complexity index is 756. The average Bonchev–Trinajstić information content (AvgIpc) is 2.79. The van der Waals surface area contributed by atoms with E-state index >= 15 is 0 Å². The van der Waals surface area contributed by atoms with Crippen LogP contribution in [0.25, 0.3) is 10.1 Å². The van der Waals surface area contributed by atoms with Gasteiger partial charge in [-0.2, -0.15) is 0 Å². The summed E-state index contributed by atoms with van der Waals surface area (Å²) in [4.78, 5) is 0.843. The molecule has 0 fully saturated rings. The maximum absolute atomic E-state index is 13.2. The predicted octanol–water partition coefficient (Wildman–Crippen LogP) is 4.74. The van der Waals surface area contributed by atoms with E-state index in [2.05, 4.69) is 6.07 Å². The number of thiophene rings is 1. The smallest absolute Gasteiger partial charge is 0.124 e. The second-order valence-electron chi connectivity index (χ2n) is 5.15. The first-order chi connectivity index (χ1) is 9.52. The highest BCUT2D eigenvalue weighted by Gasteiger charge is 2.14. The third kappa shape index (κ3) is 2.47. The van der Waals surface area contributed by atoms with Crippen LogP contribution in [0.3, 0.4) is 0 Å². The third-order valence-corrected chi connectivity index (χ3v) is 4.48. The van der Waals surface area contributed by atoms with E-state index in [1.807, 2.05) is 32.0 Å². The first kappa shape index (κ1) is 13.3. The molecule has 0 aliphatic carbocycles. The molecule has 0 spiro atoms. The Morgan fingerprint density at radius 2 is 1.70 bits per heavy atom. The molecule has 2 aromatic carbocycles. The van der Waals surface area contributed by atoms with Crippen molar-refractivity contribution in [2.75, 3.05) is 0 Å². The second-order valence-corrected chi connectivity index (χ2v) is 6.27. The van der Waals surface area contributed by atoms with Crippen LogP contribution in [0.2, 0.25) is 0 Å². The fourth-order valence-electron chi connectivity index (χ4n) is 2.49. The van der Waals surface area contributed by atoms with Crippen LogP contribution < -0.4 is 0 Å². The predicted molar refractivity (Wildman–Crippen MR) is 81.8 cm³/mol. The Balaban J connectivity index is 2.05. The molecule has 0 aliphatic heterocycles. The van der Waals surface area contributed by atoms with Gasteiger partial charge in [0.25, 0.3) is 0 Å². The molecule has 1 N–H and O–H groups in total. The van der Waals surface area contributed by atoms with Gasteiger partial charge < -0.3 is 5.11 Å². The molecule has 0 aliphatic rings. The van der Waals surface area contributed by atoms with Gasteiger partial charge in [0, 0.05) is 9.58 Å². The molecule has 1 nitrogen and oxygen atoms in total. The lowest BCUT2D eigenvalue weighted by atomic mass is 10.0. The molecule has 0 saturated heterocycles. The highest BCUT2D eigenvalue weighted by Crippen LogP contribution is 2.34. The van der Waals surface area contributed by atoms with Crippen LogP contribution in [-0.2, 0) is 0 Å². The summed E-state index contributed by atoms with van der Waals surface area (Å²) >= 11 is 1.44. The molecule has 1 atom stereocenters. The van der Waals surface area contributed by atoms with Gasteiger partial charge in [0.05, 0.1) is 0 Å². The number of rotatable bonds is 2. The zero-order chi connectivity index (χ0) is 14.3. The number of aliphatic hydroxyl groups is 1. The van der Waals surface area contributed by atoms with Crippen LogP contribution in [0.5, 0.6) is 0 Å². The first-order valence-corrected chi connectivity index (χ1v) is 7.30. The van der Waals surface area contributed by atoms with Crippen molar-refractivity contribution >= 4 is 21.4 Å². The van der Waals surface area contributed by atoms with Gasteiger partial charge in [-0.15, -0.1) is 11.3 Å². The SMILES string of the molecule is Cc1cc(C)cc(C(O)c2cc3ccc(F)cc3s2)c1. The van der Waals surface area contributed by atoms with Crippen molar-refractivity contribution in [3.8, 4) is 0 Å². The van der Waals surface area contributed by atoms with Gasteiger partial charge in [-0.1, -0.05) is 35.4 Å². The van der Waals surface area contributed by atoms with Gasteiger partial charge in [0.2, 0.25) is 0 Å². The topological polar surface area (TPSA) is 20.2 Å². The zero-order valence-electron chi connectivity index (χ0n) is 11.4. The quantitative estimate of drug-likeness (QED) is 0.721. The first-order valence-electron chi connectivity index (χ1n) is 6.48. The lowest BCUT2D eigenvalue weighted by Crippen LogP contribution is -1.98. The zero-order valence-corrected chi connectivity index (χ0v) is 12.2. The summed E-state index contributed by atoms with van der Waals surface area (Å²) in [5.41, 5.74) is 3.15. The lowest BCUT2D eigenvalue weighted by molar-refractivity contribution is 0.224. The Morgan fingerprint density at radius 1 is 1.00 bits per heavy atom. The van der Waals surface area contributed by atoms with Crippen molar-refractivity contribution in [3.05, 3.63) is 69.8 Å². The molecule has 1 aromatic heterocycles. The standard InChI is InChI=1S/C17H15FOS/c1-10-5-11(2)7-13(6-10)17(19)16-8-12-3-4-14(18)9-15(12)20-16/h3-9,17,19H,1-2H3. The van der Waals surface area contributed by atoms with E-state index in [0.717, 1.165) is 31.7 Å². The summed E-state index contributed by atoms with van der Waals surface area (Å²) < 4.78 is 14.1. The van der Waals surface area contributed by atoms with Crippen LogP contribution in [-0.4, -0.2) is 5.11 Å². The summed E-state index contributed by atoms with van der Waals surface area (Å²) in [7, 11) is 0. The van der Waals surface area contributed by atoms with Gasteiger partial charge >= 0.3 is 0 Å². The number of aryl methyl sites for hydroxylation is 2. The van der Waals surface area contributed by atoms with Crippen LogP contribution in [0, 0.1) is 19.7 Å². The number of aliphatic hydroxyl groups excluding tert-OH is 1. The summed E-state index contributed by atoms with van der Waals surface area (Å²) in [6.07, 6.45) is -0.658. The highest BCUT2D eigenvalue weighted by atomic mass is 32.1. The van der Waals surface area contributed by atoms with E-state index in [4.69, 9.17) is 0 Å². The van der Waals surface area contributed by atoms with E-state index in [9.17, 15) is 9.50 Å². The summed E-state index contributed by atoms with van der Waals surface area (Å²) in [6, 6.07) is 12.7. The fraction of sp³-hybridized carbons (Fsp3) is 0.176. The molecule has 20 heavy (non-hydrogen) atoms.